The highest BCUT2D eigenvalue weighted by molar-refractivity contribution is 8.03. The molecule has 0 atom stereocenters. The summed E-state index contributed by atoms with van der Waals surface area (Å²) in [7, 11) is 0. The number of hydrogen-bond donors (Lipinski definition) is 0. The first-order valence-corrected chi connectivity index (χ1v) is 24.2. The Hall–Kier alpha value is -6.13. The number of rotatable bonds is 7. The fourth-order valence-corrected chi connectivity index (χ4v) is 12.8. The number of allylic oxidation sites excluding steroid dienone is 9. The normalized spacial score (nSPS) is 17.8. The van der Waals surface area contributed by atoms with Gasteiger partial charge in [-0.1, -0.05) is 149 Å². The first-order valence-electron chi connectivity index (χ1n) is 22.6. The van der Waals surface area contributed by atoms with Gasteiger partial charge < -0.3 is 4.90 Å². The zero-order chi connectivity index (χ0) is 44.5. The van der Waals surface area contributed by atoms with E-state index in [4.69, 9.17) is 0 Å². The molecule has 0 spiro atoms. The Morgan fingerprint density at radius 3 is 2.09 bits per heavy atom. The zero-order valence-electron chi connectivity index (χ0n) is 38.3. The van der Waals surface area contributed by atoms with E-state index in [0.29, 0.717) is 0 Å². The summed E-state index contributed by atoms with van der Waals surface area (Å²) < 4.78 is 2.65. The van der Waals surface area contributed by atoms with Gasteiger partial charge in [-0.25, -0.2) is 0 Å². The average molecular weight is 866 g/mol. The minimum absolute atomic E-state index is 0.174. The third kappa shape index (κ3) is 6.75. The van der Waals surface area contributed by atoms with Gasteiger partial charge in [0.25, 0.3) is 0 Å². The van der Waals surface area contributed by atoms with Crippen LogP contribution >= 0.6 is 23.1 Å². The summed E-state index contributed by atoms with van der Waals surface area (Å²) in [6.07, 6.45) is 16.6. The van der Waals surface area contributed by atoms with E-state index in [-0.39, 0.29) is 10.8 Å². The predicted octanol–water partition coefficient (Wildman–Crippen LogP) is 16.4. The van der Waals surface area contributed by atoms with Crippen molar-refractivity contribution < 1.29 is 0 Å². The van der Waals surface area contributed by atoms with E-state index in [0.717, 1.165) is 23.4 Å². The number of hydrogen-bond acceptors (Lipinski definition) is 3. The Labute approximate surface area is 387 Å². The van der Waals surface area contributed by atoms with Gasteiger partial charge >= 0.3 is 0 Å². The molecule has 0 unspecified atom stereocenters. The molecule has 0 fully saturated rings. The quantitative estimate of drug-likeness (QED) is 0.157. The summed E-state index contributed by atoms with van der Waals surface area (Å²) in [6, 6.07) is 46.0. The maximum atomic E-state index is 4.67. The molecule has 2 aliphatic carbocycles. The Balaban J connectivity index is 1.10. The fraction of sp³-hybridized carbons (Fsp3) is 0.180. The van der Waals surface area contributed by atoms with Crippen molar-refractivity contribution in [2.24, 2.45) is 0 Å². The largest absolute Gasteiger partial charge is 0.310 e. The van der Waals surface area contributed by atoms with Crippen molar-refractivity contribution in [1.29, 1.82) is 0 Å². The van der Waals surface area contributed by atoms with Crippen LogP contribution in [-0.2, 0) is 17.3 Å². The molecule has 7 aromatic rings. The Morgan fingerprint density at radius 1 is 0.688 bits per heavy atom. The monoisotopic (exact) mass is 865 g/mol. The van der Waals surface area contributed by atoms with Crippen LogP contribution in [0.2, 0.25) is 0 Å². The van der Waals surface area contributed by atoms with Crippen LogP contribution in [0.1, 0.15) is 88.8 Å². The zero-order valence-corrected chi connectivity index (χ0v) is 39.9. The van der Waals surface area contributed by atoms with E-state index in [1.807, 2.05) is 23.1 Å². The minimum Gasteiger partial charge on any atom is -0.310 e. The third-order valence-corrected chi connectivity index (χ3v) is 16.3. The lowest BCUT2D eigenvalue weighted by Gasteiger charge is -2.29. The lowest BCUT2D eigenvalue weighted by atomic mass is 9.79. The molecule has 316 valence electrons. The molecular weight excluding hydrogens is 811 g/mol. The first kappa shape index (κ1) is 41.9. The number of fused-ring (bicyclic) bond motifs is 6. The van der Waals surface area contributed by atoms with E-state index in [1.54, 1.807) is 0 Å². The Kier molecular flexibility index (Phi) is 10.6. The molecule has 6 aromatic carbocycles. The average Bonchev–Trinajstić information content (AvgIpc) is 4.01. The topological polar surface area (TPSA) is 3.24 Å². The van der Waals surface area contributed by atoms with Crippen LogP contribution in [0.4, 0.5) is 17.1 Å². The second kappa shape index (κ2) is 16.1. The number of thioether (sulfide) groups is 1. The molecule has 3 aliphatic rings. The van der Waals surface area contributed by atoms with E-state index < -0.39 is 0 Å². The van der Waals surface area contributed by atoms with Crippen LogP contribution in [-0.4, -0.2) is 0 Å². The standard InChI is InChI=1S/C61H55NS2/c1-10-14-19-51-38(5)49-36-54-50(37-53(49)60(51,6)7)59-52(61(54,8)9)20-17-21-55(59)62(44-28-23-40(24-29-44)39(11-2)33-46-34-43-18-15-16-22-57(43)63-46)45-30-25-41(26-31-45)42-27-32-48-47(12-3)56(13-4)64-58(48)35-42/h10-33,35-37H,5,34H2,1-4,6-9H3/b14-10-,39-11+,46-33+,47-12-,51-19+,56-13+. The number of thiophene rings is 1. The van der Waals surface area contributed by atoms with Gasteiger partial charge in [-0.3, -0.25) is 0 Å². The second-order valence-electron chi connectivity index (χ2n) is 18.3. The predicted molar refractivity (Wildman–Crippen MR) is 282 cm³/mol. The Bertz CT molecular complexity index is 3280. The molecule has 1 aromatic heterocycles. The van der Waals surface area contributed by atoms with Gasteiger partial charge in [-0.15, -0.1) is 11.3 Å². The van der Waals surface area contributed by atoms with Gasteiger partial charge in [-0.2, -0.15) is 0 Å². The van der Waals surface area contributed by atoms with Crippen LogP contribution in [0.15, 0.2) is 174 Å². The molecule has 0 N–H and O–H groups in total. The smallest absolute Gasteiger partial charge is 0.0543 e. The SMILES string of the molecule is C=C1/C(=C\C=C/C)C(C)(C)c2cc3c(cc21)C(C)(C)c1cccc(N(c2ccc(C(/C=C4\Cc5ccccc5S4)=C/C)cc2)c2ccc(-c4ccc5c(=C/C)/c(=C\C)sc5c4)cc2)c1-3. The van der Waals surface area contributed by atoms with Crippen molar-refractivity contribution in [2.45, 2.75) is 77.5 Å². The number of nitrogens with zero attached hydrogens (tertiary/aromatic N) is 1. The summed E-state index contributed by atoms with van der Waals surface area (Å²) in [6.45, 7) is 22.7. The molecule has 3 heteroatoms. The van der Waals surface area contributed by atoms with Gasteiger partial charge in [0.15, 0.2) is 0 Å². The van der Waals surface area contributed by atoms with Crippen LogP contribution < -0.4 is 14.7 Å². The molecule has 0 saturated carbocycles. The maximum Gasteiger partial charge on any atom is 0.0543 e. The molecule has 1 nitrogen and oxygen atoms in total. The second-order valence-corrected chi connectivity index (χ2v) is 20.6. The van der Waals surface area contributed by atoms with Gasteiger partial charge in [0.2, 0.25) is 0 Å². The van der Waals surface area contributed by atoms with Crippen molar-refractivity contribution in [2.75, 3.05) is 4.90 Å². The molecule has 0 radical (unpaired) electrons. The lowest BCUT2D eigenvalue weighted by Crippen LogP contribution is -2.17. The van der Waals surface area contributed by atoms with Crippen molar-refractivity contribution in [1.82, 2.24) is 0 Å². The van der Waals surface area contributed by atoms with Crippen molar-refractivity contribution in [3.05, 3.63) is 212 Å². The van der Waals surface area contributed by atoms with Gasteiger partial charge in [0, 0.05) is 53.7 Å². The van der Waals surface area contributed by atoms with E-state index in [9.17, 15) is 0 Å². The lowest BCUT2D eigenvalue weighted by molar-refractivity contribution is 0.651. The molecule has 0 bridgehead atoms. The molecule has 0 saturated heterocycles. The minimum atomic E-state index is -0.202. The molecule has 0 amide bonds. The highest BCUT2D eigenvalue weighted by Crippen LogP contribution is 2.58. The fourth-order valence-electron chi connectivity index (χ4n) is 10.5. The molecule has 10 rings (SSSR count). The third-order valence-electron chi connectivity index (χ3n) is 13.9. The molecular formula is C61H55NS2. The summed E-state index contributed by atoms with van der Waals surface area (Å²) in [5.41, 5.74) is 19.7. The van der Waals surface area contributed by atoms with Crippen LogP contribution in [0.25, 0.3) is 55.6 Å². The van der Waals surface area contributed by atoms with Crippen molar-refractivity contribution >= 4 is 73.5 Å². The maximum absolute atomic E-state index is 4.67. The highest BCUT2D eigenvalue weighted by Gasteiger charge is 2.43. The van der Waals surface area contributed by atoms with Gasteiger partial charge in [0.1, 0.15) is 0 Å². The summed E-state index contributed by atoms with van der Waals surface area (Å²) >= 11 is 3.77. The van der Waals surface area contributed by atoms with Crippen molar-refractivity contribution in [3.8, 4) is 22.3 Å². The molecule has 2 heterocycles. The first-order chi connectivity index (χ1) is 31.0. The highest BCUT2D eigenvalue weighted by atomic mass is 32.2. The van der Waals surface area contributed by atoms with Gasteiger partial charge in [-0.05, 0) is 165 Å². The summed E-state index contributed by atoms with van der Waals surface area (Å²) in [5.74, 6) is 0. The van der Waals surface area contributed by atoms with E-state index in [1.165, 1.54) is 102 Å². The summed E-state index contributed by atoms with van der Waals surface area (Å²) in [4.78, 5) is 5.24. The van der Waals surface area contributed by atoms with Crippen molar-refractivity contribution in [3.63, 3.8) is 0 Å². The molecule has 1 aliphatic heterocycles. The molecule has 64 heavy (non-hydrogen) atoms. The number of benzene rings is 6. The van der Waals surface area contributed by atoms with E-state index >= 15 is 0 Å². The number of anilines is 3. The van der Waals surface area contributed by atoms with Crippen LogP contribution in [0.3, 0.4) is 0 Å². The van der Waals surface area contributed by atoms with E-state index in [2.05, 4.69) is 231 Å². The summed E-state index contributed by atoms with van der Waals surface area (Å²) in [5, 5.41) is 2.65. The Morgan fingerprint density at radius 2 is 1.39 bits per heavy atom. The van der Waals surface area contributed by atoms with Crippen LogP contribution in [0.5, 0.6) is 0 Å². The van der Waals surface area contributed by atoms with Gasteiger partial charge in [0.05, 0.1) is 5.69 Å². The van der Waals surface area contributed by atoms with Crippen LogP contribution in [0, 0.1) is 0 Å².